The van der Waals surface area contributed by atoms with Crippen molar-refractivity contribution in [2.24, 2.45) is 0 Å². The lowest BCUT2D eigenvalue weighted by Crippen LogP contribution is -2.27. The van der Waals surface area contributed by atoms with Crippen LogP contribution in [0.15, 0.2) is 0 Å². The van der Waals surface area contributed by atoms with E-state index in [-0.39, 0.29) is 5.91 Å². The Balaban J connectivity index is 0. The van der Waals surface area contributed by atoms with Gasteiger partial charge in [0.1, 0.15) is 0 Å². The van der Waals surface area contributed by atoms with E-state index in [4.69, 9.17) is 18.9 Å². The zero-order valence-electron chi connectivity index (χ0n) is 17.2. The Hall–Kier alpha value is -1.13. The Morgan fingerprint density at radius 2 is 1.27 bits per heavy atom. The molecule has 0 unspecified atom stereocenters. The van der Waals surface area contributed by atoms with Crippen molar-refractivity contribution >= 4 is 5.91 Å². The summed E-state index contributed by atoms with van der Waals surface area (Å²) in [6.45, 7) is 13.2. The van der Waals surface area contributed by atoms with Gasteiger partial charge in [0.05, 0.1) is 46.2 Å². The normalized spacial score (nSPS) is 9.69. The largest absolute Gasteiger partial charge is 0.379 e. The highest BCUT2D eigenvalue weighted by Crippen LogP contribution is 1.87. The minimum Gasteiger partial charge on any atom is -0.379 e. The molecule has 154 valence electrons. The predicted octanol–water partition coefficient (Wildman–Crippen LogP) is 2.80. The molecule has 0 aliphatic heterocycles. The van der Waals surface area contributed by atoms with Crippen LogP contribution in [0.5, 0.6) is 0 Å². The van der Waals surface area contributed by atoms with Gasteiger partial charge in [-0.05, 0) is 6.42 Å². The second-order valence-corrected chi connectivity index (χ2v) is 5.01. The van der Waals surface area contributed by atoms with E-state index < -0.39 is 0 Å². The predicted molar refractivity (Wildman–Crippen MR) is 105 cm³/mol. The maximum atomic E-state index is 11.4. The molecule has 0 aromatic carbocycles. The molecule has 0 fully saturated rings. The van der Waals surface area contributed by atoms with Gasteiger partial charge in [0.2, 0.25) is 5.91 Å². The fourth-order valence-corrected chi connectivity index (χ4v) is 1.65. The SMILES string of the molecule is CC.CCC#CCCC(=O)NCCOCCOCCOCCOCCC. The topological polar surface area (TPSA) is 66.0 Å². The first-order valence-electron chi connectivity index (χ1n) is 9.84. The molecule has 6 heteroatoms. The lowest BCUT2D eigenvalue weighted by Gasteiger charge is -2.07. The van der Waals surface area contributed by atoms with Crippen LogP contribution < -0.4 is 5.32 Å². The van der Waals surface area contributed by atoms with Gasteiger partial charge >= 0.3 is 0 Å². The van der Waals surface area contributed by atoms with Crippen molar-refractivity contribution < 1.29 is 23.7 Å². The minimum atomic E-state index is 0.0142. The van der Waals surface area contributed by atoms with Gasteiger partial charge < -0.3 is 24.3 Å². The monoisotopic (exact) mass is 373 g/mol. The van der Waals surface area contributed by atoms with Gasteiger partial charge in [0.15, 0.2) is 0 Å². The Labute approximate surface area is 160 Å². The average molecular weight is 374 g/mol. The number of carbonyl (C=O) groups excluding carboxylic acids is 1. The molecule has 0 heterocycles. The molecular formula is C20H39NO5. The Morgan fingerprint density at radius 1 is 0.769 bits per heavy atom. The first kappa shape index (κ1) is 27.1. The van der Waals surface area contributed by atoms with Crippen molar-refractivity contribution in [2.75, 3.05) is 59.4 Å². The second-order valence-electron chi connectivity index (χ2n) is 5.01. The van der Waals surface area contributed by atoms with Crippen LogP contribution in [0.4, 0.5) is 0 Å². The zero-order chi connectivity index (χ0) is 19.7. The van der Waals surface area contributed by atoms with Gasteiger partial charge in [-0.1, -0.05) is 27.7 Å². The van der Waals surface area contributed by atoms with E-state index in [1.807, 2.05) is 20.8 Å². The van der Waals surface area contributed by atoms with Crippen LogP contribution >= 0.6 is 0 Å². The molecule has 0 radical (unpaired) electrons. The van der Waals surface area contributed by atoms with Crippen molar-refractivity contribution in [3.63, 3.8) is 0 Å². The molecule has 0 aromatic rings. The molecule has 0 bridgehead atoms. The fourth-order valence-electron chi connectivity index (χ4n) is 1.65. The van der Waals surface area contributed by atoms with Crippen molar-refractivity contribution in [3.05, 3.63) is 0 Å². The summed E-state index contributed by atoms with van der Waals surface area (Å²) in [5, 5.41) is 2.79. The summed E-state index contributed by atoms with van der Waals surface area (Å²) >= 11 is 0. The lowest BCUT2D eigenvalue weighted by atomic mass is 10.3. The summed E-state index contributed by atoms with van der Waals surface area (Å²) in [5.74, 6) is 5.90. The van der Waals surface area contributed by atoms with Crippen molar-refractivity contribution in [1.29, 1.82) is 0 Å². The number of hydrogen-bond donors (Lipinski definition) is 1. The first-order valence-corrected chi connectivity index (χ1v) is 9.84. The van der Waals surface area contributed by atoms with Crippen molar-refractivity contribution in [2.45, 2.75) is 53.4 Å². The van der Waals surface area contributed by atoms with E-state index in [0.717, 1.165) is 19.4 Å². The molecule has 1 amide bonds. The van der Waals surface area contributed by atoms with Crippen LogP contribution in [0.3, 0.4) is 0 Å². The van der Waals surface area contributed by atoms with Crippen molar-refractivity contribution in [3.8, 4) is 11.8 Å². The molecule has 0 saturated carbocycles. The molecule has 1 N–H and O–H groups in total. The Kier molecular flexibility index (Phi) is 27.2. The maximum Gasteiger partial charge on any atom is 0.221 e. The number of nitrogens with one attached hydrogen (secondary N) is 1. The highest BCUT2D eigenvalue weighted by Gasteiger charge is 1.98. The summed E-state index contributed by atoms with van der Waals surface area (Å²) in [4.78, 5) is 11.4. The van der Waals surface area contributed by atoms with Crippen molar-refractivity contribution in [1.82, 2.24) is 5.32 Å². The third-order valence-electron chi connectivity index (χ3n) is 2.81. The maximum absolute atomic E-state index is 11.4. The van der Waals surface area contributed by atoms with Gasteiger partial charge in [-0.3, -0.25) is 4.79 Å². The van der Waals surface area contributed by atoms with Crippen LogP contribution in [-0.4, -0.2) is 65.3 Å². The minimum absolute atomic E-state index is 0.0142. The number of carbonyl (C=O) groups is 1. The van der Waals surface area contributed by atoms with E-state index >= 15 is 0 Å². The summed E-state index contributed by atoms with van der Waals surface area (Å²) in [5.41, 5.74) is 0. The third-order valence-corrected chi connectivity index (χ3v) is 2.81. The van der Waals surface area contributed by atoms with E-state index in [9.17, 15) is 4.79 Å². The highest BCUT2D eigenvalue weighted by atomic mass is 16.6. The van der Waals surface area contributed by atoms with E-state index in [2.05, 4.69) is 24.1 Å². The summed E-state index contributed by atoms with van der Waals surface area (Å²) in [6, 6.07) is 0. The van der Waals surface area contributed by atoms with Crippen LogP contribution in [0.2, 0.25) is 0 Å². The zero-order valence-corrected chi connectivity index (χ0v) is 17.2. The molecule has 0 saturated heterocycles. The van der Waals surface area contributed by atoms with Gasteiger partial charge in [-0.2, -0.15) is 0 Å². The molecule has 0 aliphatic rings. The van der Waals surface area contributed by atoms with Crippen LogP contribution in [-0.2, 0) is 23.7 Å². The molecule has 6 nitrogen and oxygen atoms in total. The quantitative estimate of drug-likeness (QED) is 0.333. The standard InChI is InChI=1S/C18H33NO5.C2H6/c1-3-5-6-7-8-18(20)19-9-11-22-13-15-24-17-16-23-14-12-21-10-4-2;1-2/h3-4,7-17H2,1-2H3,(H,19,20);1-2H3. The Bertz CT molecular complexity index is 339. The number of rotatable bonds is 16. The molecule has 0 rings (SSSR count). The van der Waals surface area contributed by atoms with Gasteiger partial charge in [-0.25, -0.2) is 0 Å². The second kappa shape index (κ2) is 26.1. The number of hydrogen-bond acceptors (Lipinski definition) is 5. The third kappa shape index (κ3) is 25.1. The number of amides is 1. The summed E-state index contributed by atoms with van der Waals surface area (Å²) < 4.78 is 21.4. The summed E-state index contributed by atoms with van der Waals surface area (Å²) in [6.07, 6.45) is 2.91. The lowest BCUT2D eigenvalue weighted by molar-refractivity contribution is -0.121. The molecule has 0 atom stereocenters. The van der Waals surface area contributed by atoms with E-state index in [1.165, 1.54) is 0 Å². The van der Waals surface area contributed by atoms with Crippen LogP contribution in [0.25, 0.3) is 0 Å². The fraction of sp³-hybridized carbons (Fsp3) is 0.850. The highest BCUT2D eigenvalue weighted by molar-refractivity contribution is 5.76. The summed E-state index contributed by atoms with van der Waals surface area (Å²) in [7, 11) is 0. The number of ether oxygens (including phenoxy) is 4. The molecule has 26 heavy (non-hydrogen) atoms. The van der Waals surface area contributed by atoms with Gasteiger partial charge in [0.25, 0.3) is 0 Å². The van der Waals surface area contributed by atoms with E-state index in [1.54, 1.807) is 0 Å². The Morgan fingerprint density at radius 3 is 1.77 bits per heavy atom. The van der Waals surface area contributed by atoms with Gasteiger partial charge in [-0.15, -0.1) is 11.8 Å². The molecule has 0 aromatic heterocycles. The smallest absolute Gasteiger partial charge is 0.221 e. The first-order chi connectivity index (χ1) is 12.8. The molecule has 0 aliphatic carbocycles. The molecular weight excluding hydrogens is 334 g/mol. The molecule has 0 spiro atoms. The van der Waals surface area contributed by atoms with E-state index in [0.29, 0.717) is 65.6 Å². The van der Waals surface area contributed by atoms with Crippen LogP contribution in [0, 0.1) is 11.8 Å². The van der Waals surface area contributed by atoms with Gasteiger partial charge in [0, 0.05) is 32.4 Å². The average Bonchev–Trinajstić information content (AvgIpc) is 2.67. The van der Waals surface area contributed by atoms with Crippen LogP contribution in [0.1, 0.15) is 53.4 Å².